The van der Waals surface area contributed by atoms with E-state index in [2.05, 4.69) is 17.6 Å². The van der Waals surface area contributed by atoms with Gasteiger partial charge in [-0.2, -0.15) is 0 Å². The van der Waals surface area contributed by atoms with Crippen molar-refractivity contribution in [3.63, 3.8) is 0 Å². The largest absolute Gasteiger partial charge is 0.484 e. The third kappa shape index (κ3) is 8.40. The molecule has 0 unspecified atom stereocenters. The van der Waals surface area contributed by atoms with Crippen LogP contribution < -0.4 is 15.4 Å². The number of hydrogen-bond acceptors (Lipinski definition) is 3. The van der Waals surface area contributed by atoms with Crippen LogP contribution in [0, 0.1) is 5.82 Å². The van der Waals surface area contributed by atoms with Crippen LogP contribution in [0.4, 0.5) is 4.39 Å². The summed E-state index contributed by atoms with van der Waals surface area (Å²) in [5, 5.41) is 5.90. The van der Waals surface area contributed by atoms with Crippen molar-refractivity contribution in [1.82, 2.24) is 10.6 Å². The van der Waals surface area contributed by atoms with Crippen LogP contribution in [-0.2, 0) is 4.79 Å². The van der Waals surface area contributed by atoms with Gasteiger partial charge in [-0.25, -0.2) is 4.39 Å². The molecule has 2 N–H and O–H groups in total. The lowest BCUT2D eigenvalue weighted by molar-refractivity contribution is -0.123. The van der Waals surface area contributed by atoms with Gasteiger partial charge in [0.05, 0.1) is 0 Å². The first kappa shape index (κ1) is 17.7. The normalized spacial score (nSPS) is 9.58. The SMILES string of the molecule is CCCNCCNC(=O)COc1ccc(F)cc1.Cl. The van der Waals surface area contributed by atoms with Gasteiger partial charge in [0.1, 0.15) is 11.6 Å². The lowest BCUT2D eigenvalue weighted by Crippen LogP contribution is -2.34. The summed E-state index contributed by atoms with van der Waals surface area (Å²) in [6.07, 6.45) is 1.07. The van der Waals surface area contributed by atoms with E-state index in [0.29, 0.717) is 12.3 Å². The van der Waals surface area contributed by atoms with Gasteiger partial charge in [-0.15, -0.1) is 12.4 Å². The van der Waals surface area contributed by atoms with Gasteiger partial charge in [0.25, 0.3) is 5.91 Å². The summed E-state index contributed by atoms with van der Waals surface area (Å²) in [5.41, 5.74) is 0. The molecule has 1 aromatic carbocycles. The molecule has 0 heterocycles. The van der Waals surface area contributed by atoms with Crippen molar-refractivity contribution in [3.8, 4) is 5.75 Å². The van der Waals surface area contributed by atoms with Crippen LogP contribution >= 0.6 is 12.4 Å². The van der Waals surface area contributed by atoms with E-state index in [1.165, 1.54) is 24.3 Å². The standard InChI is InChI=1S/C13H19FN2O2.ClH/c1-2-7-15-8-9-16-13(17)10-18-12-5-3-11(14)4-6-12;/h3-6,15H,2,7-10H2,1H3,(H,16,17);1H. The van der Waals surface area contributed by atoms with E-state index in [4.69, 9.17) is 4.74 Å². The highest BCUT2D eigenvalue weighted by Crippen LogP contribution is 2.10. The first-order chi connectivity index (χ1) is 8.72. The average molecular weight is 291 g/mol. The summed E-state index contributed by atoms with van der Waals surface area (Å²) in [5.74, 6) is -0.0259. The van der Waals surface area contributed by atoms with E-state index in [0.717, 1.165) is 19.5 Å². The van der Waals surface area contributed by atoms with E-state index in [9.17, 15) is 9.18 Å². The highest BCUT2D eigenvalue weighted by atomic mass is 35.5. The van der Waals surface area contributed by atoms with Crippen molar-refractivity contribution < 1.29 is 13.9 Å². The molecule has 1 amide bonds. The van der Waals surface area contributed by atoms with Gasteiger partial charge in [0.15, 0.2) is 6.61 Å². The Labute approximate surface area is 119 Å². The third-order valence-corrected chi connectivity index (χ3v) is 2.23. The second-order valence-corrected chi connectivity index (χ2v) is 3.84. The molecule has 0 saturated heterocycles. The molecule has 0 aliphatic carbocycles. The van der Waals surface area contributed by atoms with Crippen molar-refractivity contribution in [2.45, 2.75) is 13.3 Å². The minimum Gasteiger partial charge on any atom is -0.484 e. The summed E-state index contributed by atoms with van der Waals surface area (Å²) in [4.78, 5) is 11.4. The van der Waals surface area contributed by atoms with Crippen molar-refractivity contribution in [2.75, 3.05) is 26.2 Å². The molecule has 108 valence electrons. The first-order valence-corrected chi connectivity index (χ1v) is 6.08. The summed E-state index contributed by atoms with van der Waals surface area (Å²) in [6.45, 7) is 4.30. The van der Waals surface area contributed by atoms with Gasteiger partial charge in [0, 0.05) is 13.1 Å². The van der Waals surface area contributed by atoms with Crippen LogP contribution in [0.25, 0.3) is 0 Å². The summed E-state index contributed by atoms with van der Waals surface area (Å²) < 4.78 is 17.8. The van der Waals surface area contributed by atoms with Crippen LogP contribution in [0.15, 0.2) is 24.3 Å². The van der Waals surface area contributed by atoms with Crippen LogP contribution in [0.5, 0.6) is 5.75 Å². The molecule has 1 aromatic rings. The minimum atomic E-state index is -0.325. The van der Waals surface area contributed by atoms with Gasteiger partial charge in [-0.05, 0) is 37.2 Å². The predicted molar refractivity (Wildman–Crippen MR) is 75.3 cm³/mol. The summed E-state index contributed by atoms with van der Waals surface area (Å²) >= 11 is 0. The van der Waals surface area contributed by atoms with E-state index < -0.39 is 0 Å². The number of amides is 1. The lowest BCUT2D eigenvalue weighted by atomic mass is 10.3. The molecule has 0 fully saturated rings. The van der Waals surface area contributed by atoms with Crippen LogP contribution in [0.1, 0.15) is 13.3 Å². The smallest absolute Gasteiger partial charge is 0.257 e. The monoisotopic (exact) mass is 290 g/mol. The topological polar surface area (TPSA) is 50.4 Å². The number of nitrogens with one attached hydrogen (secondary N) is 2. The average Bonchev–Trinajstić information content (AvgIpc) is 2.38. The Kier molecular flexibility index (Phi) is 9.84. The molecular weight excluding hydrogens is 271 g/mol. The molecule has 4 nitrogen and oxygen atoms in total. The van der Waals surface area contributed by atoms with E-state index in [1.807, 2.05) is 0 Å². The lowest BCUT2D eigenvalue weighted by Gasteiger charge is -2.07. The molecule has 0 aliphatic heterocycles. The van der Waals surface area contributed by atoms with Gasteiger partial charge < -0.3 is 15.4 Å². The molecule has 0 aromatic heterocycles. The summed E-state index contributed by atoms with van der Waals surface area (Å²) in [6, 6.07) is 5.57. The minimum absolute atomic E-state index is 0. The van der Waals surface area contributed by atoms with Crippen molar-refractivity contribution in [3.05, 3.63) is 30.1 Å². The Morgan fingerprint density at radius 2 is 1.89 bits per heavy atom. The fourth-order valence-corrected chi connectivity index (χ4v) is 1.32. The summed E-state index contributed by atoms with van der Waals surface area (Å²) in [7, 11) is 0. The number of ether oxygens (including phenoxy) is 1. The van der Waals surface area contributed by atoms with Gasteiger partial charge in [-0.3, -0.25) is 4.79 Å². The highest BCUT2D eigenvalue weighted by molar-refractivity contribution is 5.85. The number of benzene rings is 1. The van der Waals surface area contributed by atoms with Gasteiger partial charge in [-0.1, -0.05) is 6.92 Å². The van der Waals surface area contributed by atoms with Crippen molar-refractivity contribution >= 4 is 18.3 Å². The Balaban J connectivity index is 0.00000324. The predicted octanol–water partition coefficient (Wildman–Crippen LogP) is 1.74. The molecule has 6 heteroatoms. The number of hydrogen-bond donors (Lipinski definition) is 2. The third-order valence-electron chi connectivity index (χ3n) is 2.23. The van der Waals surface area contributed by atoms with Crippen LogP contribution in [-0.4, -0.2) is 32.1 Å². The maximum Gasteiger partial charge on any atom is 0.257 e. The Morgan fingerprint density at radius 1 is 1.21 bits per heavy atom. The zero-order valence-electron chi connectivity index (χ0n) is 10.9. The van der Waals surface area contributed by atoms with Crippen molar-refractivity contribution in [1.29, 1.82) is 0 Å². The second kappa shape index (κ2) is 10.6. The van der Waals surface area contributed by atoms with E-state index in [1.54, 1.807) is 0 Å². The molecule has 0 atom stereocenters. The molecule has 0 bridgehead atoms. The Morgan fingerprint density at radius 3 is 2.53 bits per heavy atom. The van der Waals surface area contributed by atoms with Gasteiger partial charge >= 0.3 is 0 Å². The van der Waals surface area contributed by atoms with Crippen molar-refractivity contribution in [2.24, 2.45) is 0 Å². The van der Waals surface area contributed by atoms with Gasteiger partial charge in [0.2, 0.25) is 0 Å². The van der Waals surface area contributed by atoms with Crippen LogP contribution in [0.3, 0.4) is 0 Å². The second-order valence-electron chi connectivity index (χ2n) is 3.84. The number of rotatable bonds is 8. The quantitative estimate of drug-likeness (QED) is 0.717. The zero-order chi connectivity index (χ0) is 13.2. The molecule has 0 spiro atoms. The molecular formula is C13H20ClFN2O2. The van der Waals surface area contributed by atoms with E-state index in [-0.39, 0.29) is 30.7 Å². The highest BCUT2D eigenvalue weighted by Gasteiger charge is 2.01. The molecule has 19 heavy (non-hydrogen) atoms. The molecule has 0 saturated carbocycles. The molecule has 0 aliphatic rings. The molecule has 0 radical (unpaired) electrons. The Bertz CT molecular complexity index is 360. The maximum absolute atomic E-state index is 12.6. The zero-order valence-corrected chi connectivity index (χ0v) is 11.8. The first-order valence-electron chi connectivity index (χ1n) is 6.08. The fraction of sp³-hybridized carbons (Fsp3) is 0.462. The number of carbonyl (C=O) groups is 1. The fourth-order valence-electron chi connectivity index (χ4n) is 1.32. The van der Waals surface area contributed by atoms with Crippen LogP contribution in [0.2, 0.25) is 0 Å². The number of carbonyl (C=O) groups excluding carboxylic acids is 1. The number of halogens is 2. The Hall–Kier alpha value is -1.33. The maximum atomic E-state index is 12.6. The molecule has 1 rings (SSSR count). The van der Waals surface area contributed by atoms with E-state index >= 15 is 0 Å².